The summed E-state index contributed by atoms with van der Waals surface area (Å²) in [6, 6.07) is 6.55. The number of rotatable bonds is 3. The summed E-state index contributed by atoms with van der Waals surface area (Å²) >= 11 is 1.20. The molecule has 0 saturated heterocycles. The average molecular weight is 298 g/mol. The molecular weight excluding hydrogens is 284 g/mol. The topological polar surface area (TPSA) is 75.6 Å². The number of thioether (sulfide) groups is 1. The molecule has 0 fully saturated rings. The van der Waals surface area contributed by atoms with Gasteiger partial charge in [-0.25, -0.2) is 13.8 Å². The summed E-state index contributed by atoms with van der Waals surface area (Å²) in [4.78, 5) is 11.5. The van der Waals surface area contributed by atoms with Crippen molar-refractivity contribution in [2.24, 2.45) is 5.10 Å². The molecule has 0 radical (unpaired) electrons. The van der Waals surface area contributed by atoms with E-state index in [4.69, 9.17) is 0 Å². The zero-order valence-corrected chi connectivity index (χ0v) is 12.2. The molecule has 1 N–H and O–H groups in total. The smallest absolute Gasteiger partial charge is 0.260 e. The molecule has 0 aliphatic carbocycles. The maximum absolute atomic E-state index is 11.4. The van der Waals surface area contributed by atoms with Gasteiger partial charge in [-0.1, -0.05) is 30.8 Å². The molecule has 1 aromatic carbocycles. The predicted molar refractivity (Wildman–Crippen MR) is 76.3 cm³/mol. The Kier molecular flexibility index (Phi) is 3.96. The Morgan fingerprint density at radius 3 is 2.47 bits per heavy atom. The Morgan fingerprint density at radius 1 is 1.32 bits per heavy atom. The van der Waals surface area contributed by atoms with E-state index in [2.05, 4.69) is 10.5 Å². The Balaban J connectivity index is 2.34. The first kappa shape index (κ1) is 14.1. The van der Waals surface area contributed by atoms with Crippen LogP contribution in [0.25, 0.3) is 0 Å². The Bertz CT molecular complexity index is 621. The van der Waals surface area contributed by atoms with Gasteiger partial charge in [0.1, 0.15) is 0 Å². The maximum atomic E-state index is 11.4. The summed E-state index contributed by atoms with van der Waals surface area (Å²) < 4.78 is 22.8. The molecular formula is C12H14N2O3S2. The van der Waals surface area contributed by atoms with E-state index in [1.807, 2.05) is 6.92 Å². The Morgan fingerprint density at radius 2 is 1.95 bits per heavy atom. The molecule has 5 nitrogen and oxygen atoms in total. The summed E-state index contributed by atoms with van der Waals surface area (Å²) in [5, 5.41) is 3.91. The van der Waals surface area contributed by atoms with Crippen molar-refractivity contribution >= 4 is 32.6 Å². The molecule has 1 unspecified atom stereocenters. The number of hydrazone groups is 1. The Labute approximate surface area is 116 Å². The molecule has 0 spiro atoms. The van der Waals surface area contributed by atoms with Crippen molar-refractivity contribution in [2.75, 3.05) is 6.26 Å². The standard InChI is InChI=1S/C12H14N2O3S2/c1-3-10-11(13-14-12(15)18-10)8-4-6-9(7-5-8)19(2,16)17/h4-7,10H,3H2,1-2H3,(H,14,15). The molecule has 1 aliphatic rings. The Hall–Kier alpha value is -1.34. The van der Waals surface area contributed by atoms with E-state index in [-0.39, 0.29) is 15.4 Å². The normalized spacial score (nSPS) is 19.8. The van der Waals surface area contributed by atoms with Crippen LogP contribution in [0.4, 0.5) is 4.79 Å². The van der Waals surface area contributed by atoms with E-state index >= 15 is 0 Å². The molecule has 1 aromatic rings. The lowest BCUT2D eigenvalue weighted by Gasteiger charge is -2.20. The van der Waals surface area contributed by atoms with Crippen LogP contribution in [0.15, 0.2) is 34.3 Å². The van der Waals surface area contributed by atoms with Crippen LogP contribution < -0.4 is 5.43 Å². The number of nitrogens with zero attached hydrogens (tertiary/aromatic N) is 1. The number of sulfone groups is 1. The summed E-state index contributed by atoms with van der Waals surface area (Å²) in [6.07, 6.45) is 1.95. The molecule has 1 heterocycles. The first-order chi connectivity index (χ1) is 8.91. The van der Waals surface area contributed by atoms with Gasteiger partial charge in [0.15, 0.2) is 9.84 Å². The van der Waals surface area contributed by atoms with E-state index in [9.17, 15) is 13.2 Å². The van der Waals surface area contributed by atoms with Crippen LogP contribution in [-0.2, 0) is 9.84 Å². The van der Waals surface area contributed by atoms with Crippen molar-refractivity contribution in [3.05, 3.63) is 29.8 Å². The molecule has 1 aliphatic heterocycles. The lowest BCUT2D eigenvalue weighted by Crippen LogP contribution is -2.31. The maximum Gasteiger partial charge on any atom is 0.299 e. The molecule has 1 amide bonds. The fraction of sp³-hybridized carbons (Fsp3) is 0.333. The second-order valence-electron chi connectivity index (χ2n) is 4.21. The number of carbonyl (C=O) groups excluding carboxylic acids is 1. The predicted octanol–water partition coefficient (Wildman–Crippen LogP) is 2.03. The van der Waals surface area contributed by atoms with Gasteiger partial charge in [-0.05, 0) is 24.1 Å². The quantitative estimate of drug-likeness (QED) is 0.926. The van der Waals surface area contributed by atoms with Gasteiger partial charge in [-0.2, -0.15) is 5.10 Å². The highest BCUT2D eigenvalue weighted by atomic mass is 32.2. The molecule has 2 rings (SSSR count). The van der Waals surface area contributed by atoms with E-state index in [0.29, 0.717) is 0 Å². The first-order valence-electron chi connectivity index (χ1n) is 5.76. The van der Waals surface area contributed by atoms with Gasteiger partial charge in [0.25, 0.3) is 5.24 Å². The highest BCUT2D eigenvalue weighted by Gasteiger charge is 2.24. The van der Waals surface area contributed by atoms with E-state index < -0.39 is 9.84 Å². The molecule has 0 saturated carbocycles. The number of hydrogen-bond acceptors (Lipinski definition) is 5. The SMILES string of the molecule is CCC1SC(=O)NN=C1c1ccc(S(C)(=O)=O)cc1. The number of hydrogen-bond donors (Lipinski definition) is 1. The van der Waals surface area contributed by atoms with Gasteiger partial charge < -0.3 is 0 Å². The van der Waals surface area contributed by atoms with Crippen LogP contribution in [0.1, 0.15) is 18.9 Å². The van der Waals surface area contributed by atoms with Gasteiger partial charge in [0.2, 0.25) is 0 Å². The second-order valence-corrected chi connectivity index (χ2v) is 7.40. The highest BCUT2D eigenvalue weighted by molar-refractivity contribution is 8.14. The van der Waals surface area contributed by atoms with Gasteiger partial charge >= 0.3 is 0 Å². The van der Waals surface area contributed by atoms with Crippen molar-refractivity contribution in [1.82, 2.24) is 5.43 Å². The first-order valence-corrected chi connectivity index (χ1v) is 8.53. The lowest BCUT2D eigenvalue weighted by atomic mass is 10.1. The highest BCUT2D eigenvalue weighted by Crippen LogP contribution is 2.24. The summed E-state index contributed by atoms with van der Waals surface area (Å²) in [5.41, 5.74) is 4.03. The van der Waals surface area contributed by atoms with Crippen LogP contribution in [0.2, 0.25) is 0 Å². The molecule has 102 valence electrons. The minimum absolute atomic E-state index is 0.00201. The number of carbonyl (C=O) groups is 1. The van der Waals surface area contributed by atoms with Crippen LogP contribution >= 0.6 is 11.8 Å². The molecule has 7 heteroatoms. The van der Waals surface area contributed by atoms with Crippen molar-refractivity contribution in [3.63, 3.8) is 0 Å². The van der Waals surface area contributed by atoms with Gasteiger partial charge in [-0.15, -0.1) is 0 Å². The molecule has 1 atom stereocenters. The molecule has 0 bridgehead atoms. The van der Waals surface area contributed by atoms with Crippen LogP contribution in [0, 0.1) is 0 Å². The summed E-state index contributed by atoms with van der Waals surface area (Å²) in [6.45, 7) is 1.98. The molecule has 19 heavy (non-hydrogen) atoms. The van der Waals surface area contributed by atoms with E-state index in [0.717, 1.165) is 17.7 Å². The van der Waals surface area contributed by atoms with Crippen molar-refractivity contribution < 1.29 is 13.2 Å². The third-order valence-electron chi connectivity index (χ3n) is 2.77. The second kappa shape index (κ2) is 5.34. The number of nitrogens with one attached hydrogen (secondary N) is 1. The zero-order chi connectivity index (χ0) is 14.0. The van der Waals surface area contributed by atoms with Gasteiger partial charge in [0.05, 0.1) is 15.9 Å². The van der Waals surface area contributed by atoms with Gasteiger partial charge in [0, 0.05) is 6.26 Å². The fourth-order valence-electron chi connectivity index (χ4n) is 1.79. The summed E-state index contributed by atoms with van der Waals surface area (Å²) in [5.74, 6) is 0. The molecule has 0 aromatic heterocycles. The van der Waals surface area contributed by atoms with E-state index in [1.54, 1.807) is 24.3 Å². The minimum Gasteiger partial charge on any atom is -0.260 e. The summed E-state index contributed by atoms with van der Waals surface area (Å²) in [7, 11) is -3.19. The van der Waals surface area contributed by atoms with Crippen molar-refractivity contribution in [2.45, 2.75) is 23.5 Å². The van der Waals surface area contributed by atoms with Crippen LogP contribution in [0.5, 0.6) is 0 Å². The number of amides is 1. The monoisotopic (exact) mass is 298 g/mol. The fourth-order valence-corrected chi connectivity index (χ4v) is 3.24. The largest absolute Gasteiger partial charge is 0.299 e. The van der Waals surface area contributed by atoms with E-state index in [1.165, 1.54) is 18.0 Å². The lowest BCUT2D eigenvalue weighted by molar-refractivity contribution is 0.260. The number of benzene rings is 1. The van der Waals surface area contributed by atoms with Crippen LogP contribution in [0.3, 0.4) is 0 Å². The van der Waals surface area contributed by atoms with Gasteiger partial charge in [-0.3, -0.25) is 4.79 Å². The van der Waals surface area contributed by atoms with Crippen molar-refractivity contribution in [3.8, 4) is 0 Å². The zero-order valence-electron chi connectivity index (χ0n) is 10.6. The minimum atomic E-state index is -3.19. The average Bonchev–Trinajstić information content (AvgIpc) is 2.37. The van der Waals surface area contributed by atoms with Crippen LogP contribution in [-0.4, -0.2) is 30.9 Å². The van der Waals surface area contributed by atoms with Crippen molar-refractivity contribution in [1.29, 1.82) is 0 Å². The third-order valence-corrected chi connectivity index (χ3v) is 5.05. The third kappa shape index (κ3) is 3.16.